The number of hydrogen-bond acceptors (Lipinski definition) is 4. The molecular weight excluding hydrogens is 390 g/mol. The molecule has 0 saturated heterocycles. The molecule has 2 aromatic carbocycles. The van der Waals surface area contributed by atoms with E-state index in [1.807, 2.05) is 44.2 Å². The van der Waals surface area contributed by atoms with Gasteiger partial charge in [-0.15, -0.1) is 0 Å². The number of pyridine rings is 1. The third-order valence-electron chi connectivity index (χ3n) is 4.62. The summed E-state index contributed by atoms with van der Waals surface area (Å²) >= 11 is 0. The van der Waals surface area contributed by atoms with Crippen molar-refractivity contribution in [2.75, 3.05) is 10.6 Å². The predicted octanol–water partition coefficient (Wildman–Crippen LogP) is 5.96. The van der Waals surface area contributed by atoms with Crippen LogP contribution in [0.25, 0.3) is 11.3 Å². The maximum Gasteiger partial charge on any atom is 0.412 e. The molecule has 2 N–H and O–H groups in total. The zero-order chi connectivity index (χ0) is 22.6. The summed E-state index contributed by atoms with van der Waals surface area (Å²) in [5.41, 5.74) is 4.82. The second kappa shape index (κ2) is 9.00. The van der Waals surface area contributed by atoms with Gasteiger partial charge in [-0.25, -0.2) is 4.79 Å². The molecule has 3 aromatic rings. The van der Waals surface area contributed by atoms with Gasteiger partial charge in [0.2, 0.25) is 0 Å². The molecule has 0 spiro atoms. The first-order valence-electron chi connectivity index (χ1n) is 10.1. The number of aryl methyl sites for hydroxylation is 2. The van der Waals surface area contributed by atoms with Crippen LogP contribution in [0.3, 0.4) is 0 Å². The Morgan fingerprint density at radius 3 is 2.19 bits per heavy atom. The molecule has 0 saturated carbocycles. The SMILES string of the molecule is Cc1ccc(NC(=O)c2cccnc2-c2ccc(NC(=O)OC(C)(C)C)cc2)cc1C. The lowest BCUT2D eigenvalue weighted by atomic mass is 10.0. The maximum absolute atomic E-state index is 12.9. The highest BCUT2D eigenvalue weighted by molar-refractivity contribution is 6.08. The standard InChI is InChI=1S/C25H27N3O3/c1-16-8-11-20(15-17(16)2)27-23(29)21-7-6-14-26-22(21)18-9-12-19(13-10-18)28-24(30)31-25(3,4)5/h6-15H,1-5H3,(H,27,29)(H,28,30). The minimum Gasteiger partial charge on any atom is -0.444 e. The lowest BCUT2D eigenvalue weighted by Gasteiger charge is -2.19. The van der Waals surface area contributed by atoms with Crippen LogP contribution in [0.1, 0.15) is 42.3 Å². The number of anilines is 2. The molecule has 31 heavy (non-hydrogen) atoms. The second-order valence-electron chi connectivity index (χ2n) is 8.36. The topological polar surface area (TPSA) is 80.3 Å². The number of hydrogen-bond donors (Lipinski definition) is 2. The zero-order valence-corrected chi connectivity index (χ0v) is 18.4. The van der Waals surface area contributed by atoms with Crippen LogP contribution >= 0.6 is 0 Å². The number of nitrogens with zero attached hydrogens (tertiary/aromatic N) is 1. The summed E-state index contributed by atoms with van der Waals surface area (Å²) in [6.07, 6.45) is 1.13. The van der Waals surface area contributed by atoms with Gasteiger partial charge < -0.3 is 10.1 Å². The van der Waals surface area contributed by atoms with Crippen LogP contribution in [0, 0.1) is 13.8 Å². The molecule has 0 aliphatic rings. The van der Waals surface area contributed by atoms with Crippen LogP contribution in [0.4, 0.5) is 16.2 Å². The quantitative estimate of drug-likeness (QED) is 0.548. The number of aromatic nitrogens is 1. The molecule has 3 rings (SSSR count). The van der Waals surface area contributed by atoms with Crippen molar-refractivity contribution >= 4 is 23.4 Å². The molecular formula is C25H27N3O3. The van der Waals surface area contributed by atoms with Gasteiger partial charge in [0.25, 0.3) is 5.91 Å². The monoisotopic (exact) mass is 417 g/mol. The van der Waals surface area contributed by atoms with Crippen LogP contribution in [0.2, 0.25) is 0 Å². The number of rotatable bonds is 4. The van der Waals surface area contributed by atoms with Crippen LogP contribution < -0.4 is 10.6 Å². The van der Waals surface area contributed by atoms with E-state index < -0.39 is 11.7 Å². The van der Waals surface area contributed by atoms with E-state index >= 15 is 0 Å². The molecule has 160 valence electrons. The minimum absolute atomic E-state index is 0.234. The lowest BCUT2D eigenvalue weighted by molar-refractivity contribution is 0.0635. The van der Waals surface area contributed by atoms with Gasteiger partial charge in [0.05, 0.1) is 11.3 Å². The largest absolute Gasteiger partial charge is 0.444 e. The first-order chi connectivity index (χ1) is 14.6. The summed E-state index contributed by atoms with van der Waals surface area (Å²) < 4.78 is 5.26. The Morgan fingerprint density at radius 2 is 1.55 bits per heavy atom. The third-order valence-corrected chi connectivity index (χ3v) is 4.62. The van der Waals surface area contributed by atoms with Crippen molar-refractivity contribution in [3.05, 3.63) is 77.5 Å². The highest BCUT2D eigenvalue weighted by atomic mass is 16.6. The zero-order valence-electron chi connectivity index (χ0n) is 18.4. The molecule has 0 fully saturated rings. The summed E-state index contributed by atoms with van der Waals surface area (Å²) in [6, 6.07) is 16.4. The molecule has 1 aromatic heterocycles. The Balaban J connectivity index is 1.78. The average molecular weight is 418 g/mol. The summed E-state index contributed by atoms with van der Waals surface area (Å²) in [4.78, 5) is 29.3. The van der Waals surface area contributed by atoms with Crippen molar-refractivity contribution in [2.24, 2.45) is 0 Å². The maximum atomic E-state index is 12.9. The minimum atomic E-state index is -0.573. The van der Waals surface area contributed by atoms with Gasteiger partial charge in [0, 0.05) is 23.1 Å². The van der Waals surface area contributed by atoms with E-state index in [4.69, 9.17) is 4.74 Å². The smallest absolute Gasteiger partial charge is 0.412 e. The fraction of sp³-hybridized carbons (Fsp3) is 0.240. The first kappa shape index (κ1) is 22.0. The van der Waals surface area contributed by atoms with Crippen LogP contribution in [0.5, 0.6) is 0 Å². The van der Waals surface area contributed by atoms with Gasteiger partial charge in [0.1, 0.15) is 5.60 Å². The van der Waals surface area contributed by atoms with E-state index in [1.165, 1.54) is 5.56 Å². The number of amides is 2. The van der Waals surface area contributed by atoms with Crippen molar-refractivity contribution in [3.8, 4) is 11.3 Å². The molecule has 0 aliphatic heterocycles. The van der Waals surface area contributed by atoms with Crippen molar-refractivity contribution in [3.63, 3.8) is 0 Å². The Labute approximate surface area is 182 Å². The Hall–Kier alpha value is -3.67. The van der Waals surface area contributed by atoms with Crippen LogP contribution in [-0.2, 0) is 4.74 Å². The van der Waals surface area contributed by atoms with E-state index in [1.54, 1.807) is 51.2 Å². The fourth-order valence-electron chi connectivity index (χ4n) is 2.97. The van der Waals surface area contributed by atoms with Gasteiger partial charge in [-0.2, -0.15) is 0 Å². The number of benzene rings is 2. The second-order valence-corrected chi connectivity index (χ2v) is 8.36. The molecule has 2 amide bonds. The molecule has 0 bridgehead atoms. The molecule has 0 unspecified atom stereocenters. The first-order valence-corrected chi connectivity index (χ1v) is 10.1. The predicted molar refractivity (Wildman–Crippen MR) is 123 cm³/mol. The fourth-order valence-corrected chi connectivity index (χ4v) is 2.97. The Bertz CT molecular complexity index is 1100. The summed E-state index contributed by atoms with van der Waals surface area (Å²) in [6.45, 7) is 9.46. The van der Waals surface area contributed by atoms with Crippen molar-refractivity contribution in [1.29, 1.82) is 0 Å². The van der Waals surface area contributed by atoms with Crippen molar-refractivity contribution < 1.29 is 14.3 Å². The highest BCUT2D eigenvalue weighted by Crippen LogP contribution is 2.25. The average Bonchev–Trinajstić information content (AvgIpc) is 2.70. The van der Waals surface area contributed by atoms with E-state index in [9.17, 15) is 9.59 Å². The highest BCUT2D eigenvalue weighted by Gasteiger charge is 2.17. The van der Waals surface area contributed by atoms with E-state index in [-0.39, 0.29) is 5.91 Å². The van der Waals surface area contributed by atoms with Crippen LogP contribution in [0.15, 0.2) is 60.8 Å². The summed E-state index contributed by atoms with van der Waals surface area (Å²) in [5, 5.41) is 5.64. The summed E-state index contributed by atoms with van der Waals surface area (Å²) in [7, 11) is 0. The molecule has 0 atom stereocenters. The van der Waals surface area contributed by atoms with Crippen LogP contribution in [-0.4, -0.2) is 22.6 Å². The number of carbonyl (C=O) groups is 2. The van der Waals surface area contributed by atoms with Gasteiger partial charge >= 0.3 is 6.09 Å². The van der Waals surface area contributed by atoms with E-state index in [2.05, 4.69) is 15.6 Å². The molecule has 0 radical (unpaired) electrons. The van der Waals surface area contributed by atoms with Gasteiger partial charge in [-0.3, -0.25) is 15.1 Å². The van der Waals surface area contributed by atoms with Gasteiger partial charge in [-0.1, -0.05) is 18.2 Å². The molecule has 6 heteroatoms. The van der Waals surface area contributed by atoms with Gasteiger partial charge in [-0.05, 0) is 82.1 Å². The van der Waals surface area contributed by atoms with Crippen molar-refractivity contribution in [1.82, 2.24) is 4.98 Å². The van der Waals surface area contributed by atoms with Crippen molar-refractivity contribution in [2.45, 2.75) is 40.2 Å². The Morgan fingerprint density at radius 1 is 0.871 bits per heavy atom. The summed E-state index contributed by atoms with van der Waals surface area (Å²) in [5.74, 6) is -0.234. The number of carbonyl (C=O) groups excluding carboxylic acids is 2. The normalized spacial score (nSPS) is 11.0. The Kier molecular flexibility index (Phi) is 6.39. The molecule has 0 aliphatic carbocycles. The third kappa shape index (κ3) is 5.92. The molecule has 6 nitrogen and oxygen atoms in total. The molecule has 1 heterocycles. The number of ether oxygens (including phenoxy) is 1. The van der Waals surface area contributed by atoms with E-state index in [0.717, 1.165) is 16.8 Å². The lowest BCUT2D eigenvalue weighted by Crippen LogP contribution is -2.27. The van der Waals surface area contributed by atoms with Gasteiger partial charge in [0.15, 0.2) is 0 Å². The van der Waals surface area contributed by atoms with E-state index in [0.29, 0.717) is 16.9 Å². The number of nitrogens with one attached hydrogen (secondary N) is 2.